The third kappa shape index (κ3) is 8.32. The number of anilines is 1. The Bertz CT molecular complexity index is 824. The predicted molar refractivity (Wildman–Crippen MR) is 113 cm³/mol. The molecule has 0 aliphatic carbocycles. The summed E-state index contributed by atoms with van der Waals surface area (Å²) < 4.78 is 10.5. The molecule has 1 atom stereocenters. The number of amides is 2. The van der Waals surface area contributed by atoms with E-state index in [4.69, 9.17) is 15.2 Å². The first-order valence-corrected chi connectivity index (χ1v) is 9.79. The fourth-order valence-electron chi connectivity index (χ4n) is 2.52. The molecule has 30 heavy (non-hydrogen) atoms. The summed E-state index contributed by atoms with van der Waals surface area (Å²) in [4.78, 5) is 35.2. The van der Waals surface area contributed by atoms with Gasteiger partial charge >= 0.3 is 5.97 Å². The van der Waals surface area contributed by atoms with Crippen molar-refractivity contribution in [2.45, 2.75) is 32.2 Å². The van der Waals surface area contributed by atoms with Crippen molar-refractivity contribution < 1.29 is 23.9 Å². The Hall–Kier alpha value is -3.39. The molecule has 2 rings (SSSR count). The maximum Gasteiger partial charge on any atom is 0.307 e. The van der Waals surface area contributed by atoms with Crippen molar-refractivity contribution in [3.63, 3.8) is 0 Å². The van der Waals surface area contributed by atoms with Gasteiger partial charge in [-0.25, -0.2) is 0 Å². The van der Waals surface area contributed by atoms with Crippen LogP contribution in [0, 0.1) is 0 Å². The second-order valence-corrected chi connectivity index (χ2v) is 6.48. The standard InChI is InChI=1S/C22H27N3O5/c1-2-29-21(27)14-15-24-22(28)19(23)12-13-20(26)25-16-8-10-18(11-9-16)30-17-6-4-3-5-7-17/h3-11,19H,2,12-15,23H2,1H3,(H,24,28)(H,25,26)/t19-/m1/s1. The van der Waals surface area contributed by atoms with Crippen LogP contribution in [0.25, 0.3) is 0 Å². The van der Waals surface area contributed by atoms with Crippen LogP contribution >= 0.6 is 0 Å². The first-order chi connectivity index (χ1) is 14.5. The molecule has 8 nitrogen and oxygen atoms in total. The number of benzene rings is 2. The molecule has 0 aliphatic heterocycles. The molecule has 0 saturated carbocycles. The van der Waals surface area contributed by atoms with Gasteiger partial charge in [-0.15, -0.1) is 0 Å². The average molecular weight is 413 g/mol. The minimum atomic E-state index is -0.834. The molecule has 4 N–H and O–H groups in total. The quantitative estimate of drug-likeness (QED) is 0.487. The summed E-state index contributed by atoms with van der Waals surface area (Å²) in [5.74, 6) is 0.339. The van der Waals surface area contributed by atoms with Gasteiger partial charge in [-0.3, -0.25) is 14.4 Å². The molecule has 0 radical (unpaired) electrons. The normalized spacial score (nSPS) is 11.3. The van der Waals surface area contributed by atoms with E-state index in [1.807, 2.05) is 30.3 Å². The maximum atomic E-state index is 12.1. The molecule has 0 aromatic heterocycles. The first-order valence-electron chi connectivity index (χ1n) is 9.79. The predicted octanol–water partition coefficient (Wildman–Crippen LogP) is 2.59. The second-order valence-electron chi connectivity index (χ2n) is 6.48. The number of nitrogens with one attached hydrogen (secondary N) is 2. The molecule has 0 heterocycles. The molecule has 0 spiro atoms. The zero-order valence-electron chi connectivity index (χ0n) is 16.9. The SMILES string of the molecule is CCOC(=O)CCNC(=O)[C@H](N)CCC(=O)Nc1ccc(Oc2ccccc2)cc1. The van der Waals surface area contributed by atoms with E-state index in [0.717, 1.165) is 5.75 Å². The van der Waals surface area contributed by atoms with Crippen molar-refractivity contribution in [1.29, 1.82) is 0 Å². The number of esters is 1. The second kappa shape index (κ2) is 12.2. The smallest absolute Gasteiger partial charge is 0.307 e. The first kappa shape index (κ1) is 22.9. The lowest BCUT2D eigenvalue weighted by atomic mass is 10.1. The van der Waals surface area contributed by atoms with E-state index in [1.54, 1.807) is 31.2 Å². The molecular formula is C22H27N3O5. The summed E-state index contributed by atoms with van der Waals surface area (Å²) in [5, 5.41) is 5.32. The van der Waals surface area contributed by atoms with E-state index in [0.29, 0.717) is 18.0 Å². The Balaban J connectivity index is 1.69. The monoisotopic (exact) mass is 413 g/mol. The van der Waals surface area contributed by atoms with Crippen molar-refractivity contribution in [3.8, 4) is 11.5 Å². The Kier molecular flexibility index (Phi) is 9.33. The number of hydrogen-bond donors (Lipinski definition) is 3. The Morgan fingerprint density at radius 2 is 1.63 bits per heavy atom. The van der Waals surface area contributed by atoms with Gasteiger partial charge in [0.25, 0.3) is 0 Å². The van der Waals surface area contributed by atoms with Crippen LogP contribution in [-0.4, -0.2) is 37.0 Å². The van der Waals surface area contributed by atoms with E-state index < -0.39 is 11.9 Å². The van der Waals surface area contributed by atoms with Gasteiger partial charge in [-0.05, 0) is 49.7 Å². The lowest BCUT2D eigenvalue weighted by Gasteiger charge is -2.12. The van der Waals surface area contributed by atoms with Crippen LogP contribution in [0.3, 0.4) is 0 Å². The maximum absolute atomic E-state index is 12.1. The molecule has 160 valence electrons. The van der Waals surface area contributed by atoms with Crippen LogP contribution in [0.5, 0.6) is 11.5 Å². The fraction of sp³-hybridized carbons (Fsp3) is 0.318. The number of nitrogens with two attached hydrogens (primary N) is 1. The van der Waals surface area contributed by atoms with Crippen LogP contribution in [0.2, 0.25) is 0 Å². The van der Waals surface area contributed by atoms with Gasteiger partial charge in [0.05, 0.1) is 19.1 Å². The van der Waals surface area contributed by atoms with Gasteiger partial charge in [-0.2, -0.15) is 0 Å². The molecule has 2 aromatic rings. The van der Waals surface area contributed by atoms with Crippen LogP contribution in [0.15, 0.2) is 54.6 Å². The van der Waals surface area contributed by atoms with Crippen molar-refractivity contribution >= 4 is 23.5 Å². The van der Waals surface area contributed by atoms with Gasteiger partial charge in [0.1, 0.15) is 11.5 Å². The fourth-order valence-corrected chi connectivity index (χ4v) is 2.52. The number of para-hydroxylation sites is 1. The topological polar surface area (TPSA) is 120 Å². The molecule has 0 saturated heterocycles. The molecule has 0 fully saturated rings. The largest absolute Gasteiger partial charge is 0.466 e. The van der Waals surface area contributed by atoms with E-state index >= 15 is 0 Å². The number of hydrogen-bond acceptors (Lipinski definition) is 6. The zero-order chi connectivity index (χ0) is 21.8. The van der Waals surface area contributed by atoms with E-state index in [9.17, 15) is 14.4 Å². The molecule has 0 unspecified atom stereocenters. The summed E-state index contributed by atoms with van der Waals surface area (Å²) in [7, 11) is 0. The highest BCUT2D eigenvalue weighted by Crippen LogP contribution is 2.22. The highest BCUT2D eigenvalue weighted by atomic mass is 16.5. The number of ether oxygens (including phenoxy) is 2. The molecular weight excluding hydrogens is 386 g/mol. The summed E-state index contributed by atoms with van der Waals surface area (Å²) in [5.41, 5.74) is 6.42. The minimum Gasteiger partial charge on any atom is -0.466 e. The van der Waals surface area contributed by atoms with Crippen LogP contribution in [-0.2, 0) is 19.1 Å². The van der Waals surface area contributed by atoms with Crippen molar-refractivity contribution in [1.82, 2.24) is 5.32 Å². The van der Waals surface area contributed by atoms with Crippen LogP contribution in [0.4, 0.5) is 5.69 Å². The lowest BCUT2D eigenvalue weighted by molar-refractivity contribution is -0.143. The van der Waals surface area contributed by atoms with E-state index in [2.05, 4.69) is 10.6 Å². The Morgan fingerprint density at radius 3 is 2.30 bits per heavy atom. The average Bonchev–Trinajstić information content (AvgIpc) is 2.74. The van der Waals surface area contributed by atoms with Gasteiger partial charge in [0.2, 0.25) is 11.8 Å². The summed E-state index contributed by atoms with van der Waals surface area (Å²) >= 11 is 0. The van der Waals surface area contributed by atoms with Crippen LogP contribution < -0.4 is 21.1 Å². The lowest BCUT2D eigenvalue weighted by Crippen LogP contribution is -2.41. The minimum absolute atomic E-state index is 0.0801. The summed E-state index contributed by atoms with van der Waals surface area (Å²) in [6, 6.07) is 15.5. The summed E-state index contributed by atoms with van der Waals surface area (Å²) in [6.07, 6.45) is 0.359. The van der Waals surface area contributed by atoms with E-state index in [-0.39, 0.29) is 37.7 Å². The molecule has 2 amide bonds. The Morgan fingerprint density at radius 1 is 0.967 bits per heavy atom. The van der Waals surface area contributed by atoms with Gasteiger partial charge < -0.3 is 25.8 Å². The number of carbonyl (C=O) groups excluding carboxylic acids is 3. The van der Waals surface area contributed by atoms with Gasteiger partial charge in [0.15, 0.2) is 0 Å². The molecule has 8 heteroatoms. The van der Waals surface area contributed by atoms with Crippen molar-refractivity contribution in [2.24, 2.45) is 5.73 Å². The molecule has 0 aliphatic rings. The number of carbonyl (C=O) groups is 3. The highest BCUT2D eigenvalue weighted by Gasteiger charge is 2.15. The van der Waals surface area contributed by atoms with Crippen LogP contribution in [0.1, 0.15) is 26.2 Å². The van der Waals surface area contributed by atoms with Gasteiger partial charge in [0, 0.05) is 18.7 Å². The molecule has 0 bridgehead atoms. The van der Waals surface area contributed by atoms with Crippen molar-refractivity contribution in [2.75, 3.05) is 18.5 Å². The van der Waals surface area contributed by atoms with Gasteiger partial charge in [-0.1, -0.05) is 18.2 Å². The zero-order valence-corrected chi connectivity index (χ0v) is 16.9. The highest BCUT2D eigenvalue weighted by molar-refractivity contribution is 5.91. The number of rotatable bonds is 11. The summed E-state index contributed by atoms with van der Waals surface area (Å²) in [6.45, 7) is 2.16. The third-order valence-electron chi connectivity index (χ3n) is 4.07. The third-order valence-corrected chi connectivity index (χ3v) is 4.07. The Labute approximate surface area is 175 Å². The molecule has 2 aromatic carbocycles. The van der Waals surface area contributed by atoms with Crippen molar-refractivity contribution in [3.05, 3.63) is 54.6 Å². The van der Waals surface area contributed by atoms with E-state index in [1.165, 1.54) is 0 Å².